The molecule has 1 fully saturated rings. The van der Waals surface area contributed by atoms with Crippen molar-refractivity contribution in [2.75, 3.05) is 13.1 Å². The number of likely N-dealkylation sites (tertiary alicyclic amines) is 1. The average Bonchev–Trinajstić information content (AvgIpc) is 3.15. The van der Waals surface area contributed by atoms with E-state index in [0.717, 1.165) is 37.0 Å². The van der Waals surface area contributed by atoms with E-state index >= 15 is 0 Å². The van der Waals surface area contributed by atoms with Crippen LogP contribution in [0.3, 0.4) is 0 Å². The Morgan fingerprint density at radius 2 is 1.92 bits per heavy atom. The van der Waals surface area contributed by atoms with Crippen LogP contribution in [0, 0.1) is 5.92 Å². The van der Waals surface area contributed by atoms with Crippen molar-refractivity contribution < 1.29 is 9.90 Å². The van der Waals surface area contributed by atoms with Gasteiger partial charge in [-0.05, 0) is 42.0 Å². The molecule has 5 heteroatoms. The third-order valence-corrected chi connectivity index (χ3v) is 5.00. The van der Waals surface area contributed by atoms with Gasteiger partial charge in [0.1, 0.15) is 5.52 Å². The first-order valence-corrected chi connectivity index (χ1v) is 8.92. The molecule has 1 amide bonds. The lowest BCUT2D eigenvalue weighted by Gasteiger charge is -2.17. The Kier molecular flexibility index (Phi) is 4.63. The van der Waals surface area contributed by atoms with Crippen molar-refractivity contribution in [2.45, 2.75) is 19.4 Å². The molecule has 0 radical (unpaired) electrons. The third-order valence-electron chi connectivity index (χ3n) is 5.00. The van der Waals surface area contributed by atoms with Gasteiger partial charge in [-0.2, -0.15) is 0 Å². The summed E-state index contributed by atoms with van der Waals surface area (Å²) in [6.45, 7) is 1.57. The second-order valence-electron chi connectivity index (χ2n) is 6.82. The van der Waals surface area contributed by atoms with E-state index in [1.807, 2.05) is 41.3 Å². The van der Waals surface area contributed by atoms with Crippen molar-refractivity contribution >= 4 is 16.9 Å². The summed E-state index contributed by atoms with van der Waals surface area (Å²) in [4.78, 5) is 23.5. The lowest BCUT2D eigenvalue weighted by Crippen LogP contribution is -2.29. The van der Waals surface area contributed by atoms with Crippen molar-refractivity contribution in [3.63, 3.8) is 0 Å². The molecule has 5 nitrogen and oxygen atoms in total. The number of benzene rings is 2. The molecule has 1 aliphatic rings. The summed E-state index contributed by atoms with van der Waals surface area (Å²) in [5.41, 5.74) is 4.18. The zero-order chi connectivity index (χ0) is 17.9. The molecular formula is C21H21N3O2. The van der Waals surface area contributed by atoms with Gasteiger partial charge in [-0.1, -0.05) is 30.3 Å². The highest BCUT2D eigenvalue weighted by Gasteiger charge is 2.28. The van der Waals surface area contributed by atoms with Gasteiger partial charge in [-0.15, -0.1) is 0 Å². The smallest absolute Gasteiger partial charge is 0.256 e. The SMILES string of the molecule is O=C(c1cccc2nccnc12)N1CC[C@H](Cc2cccc(CO)c2)C1. The normalized spacial score (nSPS) is 17.0. The van der Waals surface area contributed by atoms with Gasteiger partial charge >= 0.3 is 0 Å². The Hall–Kier alpha value is -2.79. The van der Waals surface area contributed by atoms with Crippen LogP contribution in [0.4, 0.5) is 0 Å². The molecule has 0 spiro atoms. The minimum atomic E-state index is 0.0303. The maximum Gasteiger partial charge on any atom is 0.256 e. The molecule has 1 aromatic heterocycles. The number of amides is 1. The van der Waals surface area contributed by atoms with E-state index in [4.69, 9.17) is 0 Å². The number of carbonyl (C=O) groups excluding carboxylic acids is 1. The Balaban J connectivity index is 1.48. The second kappa shape index (κ2) is 7.22. The lowest BCUT2D eigenvalue weighted by atomic mass is 9.97. The maximum atomic E-state index is 13.0. The Bertz CT molecular complexity index is 936. The number of aromatic nitrogens is 2. The minimum Gasteiger partial charge on any atom is -0.392 e. The monoisotopic (exact) mass is 347 g/mol. The Morgan fingerprint density at radius 3 is 2.81 bits per heavy atom. The summed E-state index contributed by atoms with van der Waals surface area (Å²) >= 11 is 0. The Labute approximate surface area is 152 Å². The van der Waals surface area contributed by atoms with Gasteiger partial charge in [0.25, 0.3) is 5.91 Å². The fraction of sp³-hybridized carbons (Fsp3) is 0.286. The van der Waals surface area contributed by atoms with Crippen LogP contribution in [0.5, 0.6) is 0 Å². The van der Waals surface area contributed by atoms with Crippen molar-refractivity contribution in [3.05, 3.63) is 71.5 Å². The van der Waals surface area contributed by atoms with Crippen LogP contribution in [0.25, 0.3) is 11.0 Å². The van der Waals surface area contributed by atoms with Gasteiger partial charge in [-0.3, -0.25) is 14.8 Å². The number of aliphatic hydroxyl groups is 1. The molecule has 1 N–H and O–H groups in total. The summed E-state index contributed by atoms with van der Waals surface area (Å²) in [6.07, 6.45) is 5.18. The van der Waals surface area contributed by atoms with Crippen LogP contribution in [0.15, 0.2) is 54.9 Å². The van der Waals surface area contributed by atoms with E-state index in [1.165, 1.54) is 5.56 Å². The van der Waals surface area contributed by atoms with Crippen LogP contribution >= 0.6 is 0 Å². The first-order chi connectivity index (χ1) is 12.7. The van der Waals surface area contributed by atoms with Gasteiger partial charge in [0.05, 0.1) is 17.7 Å². The molecular weight excluding hydrogens is 326 g/mol. The first-order valence-electron chi connectivity index (χ1n) is 8.92. The number of aliphatic hydroxyl groups excluding tert-OH is 1. The van der Waals surface area contributed by atoms with Crippen molar-refractivity contribution in [2.24, 2.45) is 5.92 Å². The zero-order valence-corrected chi connectivity index (χ0v) is 14.5. The summed E-state index contributed by atoms with van der Waals surface area (Å²) in [7, 11) is 0. The topological polar surface area (TPSA) is 66.3 Å². The van der Waals surface area contributed by atoms with E-state index in [9.17, 15) is 9.90 Å². The number of nitrogens with zero attached hydrogens (tertiary/aromatic N) is 3. The number of hydrogen-bond acceptors (Lipinski definition) is 4. The van der Waals surface area contributed by atoms with Gasteiger partial charge in [0.2, 0.25) is 0 Å². The van der Waals surface area contributed by atoms with Crippen LogP contribution in [0.1, 0.15) is 27.9 Å². The molecule has 2 heterocycles. The van der Waals surface area contributed by atoms with Crippen LogP contribution in [-0.4, -0.2) is 39.0 Å². The van der Waals surface area contributed by atoms with Gasteiger partial charge in [0, 0.05) is 25.5 Å². The molecule has 4 rings (SSSR count). The number of hydrogen-bond donors (Lipinski definition) is 1. The molecule has 0 aliphatic carbocycles. The molecule has 1 saturated heterocycles. The van der Waals surface area contributed by atoms with E-state index in [0.29, 0.717) is 17.0 Å². The lowest BCUT2D eigenvalue weighted by molar-refractivity contribution is 0.0789. The van der Waals surface area contributed by atoms with E-state index < -0.39 is 0 Å². The van der Waals surface area contributed by atoms with Crippen LogP contribution < -0.4 is 0 Å². The summed E-state index contributed by atoms with van der Waals surface area (Å²) < 4.78 is 0. The predicted molar refractivity (Wildman–Crippen MR) is 99.6 cm³/mol. The zero-order valence-electron chi connectivity index (χ0n) is 14.5. The van der Waals surface area contributed by atoms with Crippen LogP contribution in [-0.2, 0) is 13.0 Å². The first kappa shape index (κ1) is 16.7. The van der Waals surface area contributed by atoms with E-state index in [-0.39, 0.29) is 12.5 Å². The summed E-state index contributed by atoms with van der Waals surface area (Å²) in [5.74, 6) is 0.469. The highest BCUT2D eigenvalue weighted by molar-refractivity contribution is 6.04. The van der Waals surface area contributed by atoms with Crippen molar-refractivity contribution in [3.8, 4) is 0 Å². The molecule has 132 valence electrons. The maximum absolute atomic E-state index is 13.0. The molecule has 3 aromatic rings. The molecule has 0 saturated carbocycles. The third kappa shape index (κ3) is 3.30. The Morgan fingerprint density at radius 1 is 1.12 bits per heavy atom. The molecule has 0 unspecified atom stereocenters. The second-order valence-corrected chi connectivity index (χ2v) is 6.82. The fourth-order valence-corrected chi connectivity index (χ4v) is 3.71. The van der Waals surface area contributed by atoms with E-state index in [1.54, 1.807) is 12.4 Å². The average molecular weight is 347 g/mol. The fourth-order valence-electron chi connectivity index (χ4n) is 3.71. The largest absolute Gasteiger partial charge is 0.392 e. The standard InChI is InChI=1S/C21H21N3O2/c25-14-17-4-1-3-15(12-17)11-16-7-10-24(13-16)21(26)18-5-2-6-19-20(18)23-9-8-22-19/h1-6,8-9,12,16,25H,7,10-11,13-14H2/t16-/m1/s1. The number of carbonyl (C=O) groups is 1. The van der Waals surface area contributed by atoms with Gasteiger partial charge < -0.3 is 10.0 Å². The number of para-hydroxylation sites is 1. The minimum absolute atomic E-state index is 0.0303. The number of rotatable bonds is 4. The molecule has 0 bridgehead atoms. The molecule has 2 aromatic carbocycles. The van der Waals surface area contributed by atoms with Crippen molar-refractivity contribution in [1.29, 1.82) is 0 Å². The number of fused-ring (bicyclic) bond motifs is 1. The molecule has 1 aliphatic heterocycles. The van der Waals surface area contributed by atoms with E-state index in [2.05, 4.69) is 16.0 Å². The quantitative estimate of drug-likeness (QED) is 0.788. The molecule has 26 heavy (non-hydrogen) atoms. The summed E-state index contributed by atoms with van der Waals surface area (Å²) in [6, 6.07) is 13.6. The van der Waals surface area contributed by atoms with Gasteiger partial charge in [0.15, 0.2) is 0 Å². The summed E-state index contributed by atoms with van der Waals surface area (Å²) in [5, 5.41) is 9.29. The highest BCUT2D eigenvalue weighted by Crippen LogP contribution is 2.24. The van der Waals surface area contributed by atoms with Crippen molar-refractivity contribution in [1.82, 2.24) is 14.9 Å². The highest BCUT2D eigenvalue weighted by atomic mass is 16.3. The molecule has 1 atom stereocenters. The van der Waals surface area contributed by atoms with Gasteiger partial charge in [-0.25, -0.2) is 0 Å². The van der Waals surface area contributed by atoms with Crippen LogP contribution in [0.2, 0.25) is 0 Å². The predicted octanol–water partition coefficient (Wildman–Crippen LogP) is 2.83.